The van der Waals surface area contributed by atoms with Crippen molar-refractivity contribution < 1.29 is 18.0 Å². The highest BCUT2D eigenvalue weighted by Crippen LogP contribution is 2.41. The summed E-state index contributed by atoms with van der Waals surface area (Å²) in [6, 6.07) is 3.81. The van der Waals surface area contributed by atoms with Gasteiger partial charge in [0.05, 0.1) is 11.1 Å². The van der Waals surface area contributed by atoms with Crippen molar-refractivity contribution in [3.8, 4) is 0 Å². The molecule has 8 nitrogen and oxygen atoms in total. The number of amides is 1. The predicted molar refractivity (Wildman–Crippen MR) is 100 cm³/mol. The van der Waals surface area contributed by atoms with Crippen molar-refractivity contribution in [1.29, 1.82) is 0 Å². The smallest absolute Gasteiger partial charge is 0.252 e. The van der Waals surface area contributed by atoms with Gasteiger partial charge in [0.1, 0.15) is 4.90 Å². The molecule has 0 aliphatic carbocycles. The highest BCUT2D eigenvalue weighted by atomic mass is 32.2. The fraction of sp³-hybridized carbons (Fsp3) is 0.176. The largest absolute Gasteiger partial charge is 0.308 e. The highest BCUT2D eigenvalue weighted by Gasteiger charge is 2.47. The first-order valence-electron chi connectivity index (χ1n) is 7.93. The normalized spacial score (nSPS) is 19.0. The van der Waals surface area contributed by atoms with Crippen molar-refractivity contribution in [2.24, 2.45) is 0 Å². The van der Waals surface area contributed by atoms with Crippen LogP contribution < -0.4 is 5.32 Å². The van der Waals surface area contributed by atoms with Crippen molar-refractivity contribution in [2.75, 3.05) is 12.4 Å². The molecule has 0 bridgehead atoms. The molecule has 4 rings (SSSR count). The lowest BCUT2D eigenvalue weighted by Crippen LogP contribution is -2.52. The maximum atomic E-state index is 13.0. The molecule has 0 spiro atoms. The molecule has 27 heavy (non-hydrogen) atoms. The van der Waals surface area contributed by atoms with Gasteiger partial charge < -0.3 is 5.32 Å². The number of likely N-dealkylation sites (N-methyl/N-ethyl adjacent to an activating group) is 1. The molecule has 1 atom stereocenters. The van der Waals surface area contributed by atoms with Crippen LogP contribution >= 0.6 is 11.3 Å². The molecule has 1 amide bonds. The number of fused-ring (bicyclic) bond motifs is 3. The van der Waals surface area contributed by atoms with Gasteiger partial charge in [0, 0.05) is 29.5 Å². The molecule has 10 heteroatoms. The number of ketones is 1. The molecule has 0 radical (unpaired) electrons. The number of sulfonamides is 1. The van der Waals surface area contributed by atoms with Gasteiger partial charge in [-0.1, -0.05) is 12.1 Å². The van der Waals surface area contributed by atoms with E-state index in [9.17, 15) is 18.0 Å². The second kappa shape index (κ2) is 6.19. The monoisotopic (exact) mass is 402 g/mol. The summed E-state index contributed by atoms with van der Waals surface area (Å²) in [6.45, 7) is 1.89. The van der Waals surface area contributed by atoms with E-state index >= 15 is 0 Å². The van der Waals surface area contributed by atoms with E-state index in [1.54, 1.807) is 12.1 Å². The van der Waals surface area contributed by atoms with E-state index < -0.39 is 27.8 Å². The van der Waals surface area contributed by atoms with E-state index in [0.717, 1.165) is 21.2 Å². The fourth-order valence-corrected chi connectivity index (χ4v) is 6.23. The summed E-state index contributed by atoms with van der Waals surface area (Å²) in [4.78, 5) is 33.5. The standard InChI is InChI=1S/C17H14N4O4S2/c1-9-3-4-10-11(7-9)26-15-14(22)13(21(2)27(24,25)16(10)15)17(23)20-12-8-18-5-6-19-12/h3-8,13H,1-2H3,(H,19,20,23). The lowest BCUT2D eigenvalue weighted by atomic mass is 10.1. The zero-order valence-electron chi connectivity index (χ0n) is 14.3. The molecule has 138 valence electrons. The Balaban J connectivity index is 1.83. The molecule has 0 saturated carbocycles. The Kier molecular flexibility index (Phi) is 4.06. The average molecular weight is 402 g/mol. The van der Waals surface area contributed by atoms with E-state index in [0.29, 0.717) is 10.1 Å². The van der Waals surface area contributed by atoms with Gasteiger partial charge in [0.25, 0.3) is 5.91 Å². The van der Waals surface area contributed by atoms with E-state index in [-0.39, 0.29) is 15.6 Å². The van der Waals surface area contributed by atoms with E-state index in [4.69, 9.17) is 0 Å². The van der Waals surface area contributed by atoms with Gasteiger partial charge in [0.2, 0.25) is 15.8 Å². The van der Waals surface area contributed by atoms with Crippen LogP contribution in [0.15, 0.2) is 41.7 Å². The molecular weight excluding hydrogens is 388 g/mol. The minimum absolute atomic E-state index is 0.0291. The molecule has 2 aromatic heterocycles. The number of benzene rings is 1. The lowest BCUT2D eigenvalue weighted by molar-refractivity contribution is -0.118. The molecule has 3 heterocycles. The molecule has 1 aliphatic heterocycles. The van der Waals surface area contributed by atoms with Gasteiger partial charge >= 0.3 is 0 Å². The number of Topliss-reactive ketones (excluding diaryl/α,β-unsaturated/α-hetero) is 1. The molecule has 1 N–H and O–H groups in total. The van der Waals surface area contributed by atoms with Crippen LogP contribution in [0.25, 0.3) is 10.1 Å². The summed E-state index contributed by atoms with van der Waals surface area (Å²) in [5, 5.41) is 2.94. The van der Waals surface area contributed by atoms with Crippen molar-refractivity contribution in [1.82, 2.24) is 14.3 Å². The Hall–Kier alpha value is -2.69. The Morgan fingerprint density at radius 2 is 2.07 bits per heavy atom. The van der Waals surface area contributed by atoms with E-state index in [1.165, 1.54) is 25.6 Å². The third-order valence-electron chi connectivity index (χ3n) is 4.34. The van der Waals surface area contributed by atoms with Crippen molar-refractivity contribution in [3.05, 3.63) is 47.2 Å². The van der Waals surface area contributed by atoms with Gasteiger partial charge in [0.15, 0.2) is 11.9 Å². The predicted octanol–water partition coefficient (Wildman–Crippen LogP) is 1.82. The number of carbonyl (C=O) groups excluding carboxylic acids is 2. The summed E-state index contributed by atoms with van der Waals surface area (Å²) in [5.41, 5.74) is 0.955. The number of aromatic nitrogens is 2. The third-order valence-corrected chi connectivity index (χ3v) is 7.54. The number of aryl methyl sites for hydroxylation is 1. The topological polar surface area (TPSA) is 109 Å². The van der Waals surface area contributed by atoms with Crippen molar-refractivity contribution in [2.45, 2.75) is 17.9 Å². The third kappa shape index (κ3) is 2.73. The van der Waals surface area contributed by atoms with Gasteiger partial charge in [-0.3, -0.25) is 14.6 Å². The van der Waals surface area contributed by atoms with Crippen LogP contribution in [-0.4, -0.2) is 47.5 Å². The Morgan fingerprint density at radius 3 is 2.78 bits per heavy atom. The number of carbonyl (C=O) groups is 2. The van der Waals surface area contributed by atoms with Crippen LogP contribution in [0, 0.1) is 6.92 Å². The number of rotatable bonds is 2. The zero-order valence-corrected chi connectivity index (χ0v) is 16.0. The maximum Gasteiger partial charge on any atom is 0.252 e. The number of nitrogens with one attached hydrogen (secondary N) is 1. The summed E-state index contributed by atoms with van der Waals surface area (Å²) in [7, 11) is -2.78. The molecule has 0 saturated heterocycles. The van der Waals surface area contributed by atoms with Gasteiger partial charge in [-0.15, -0.1) is 11.3 Å². The second-order valence-corrected chi connectivity index (χ2v) is 9.11. The second-order valence-electron chi connectivity index (χ2n) is 6.13. The van der Waals surface area contributed by atoms with Crippen LogP contribution in [0.2, 0.25) is 0 Å². The summed E-state index contributed by atoms with van der Waals surface area (Å²) < 4.78 is 27.6. The Bertz CT molecular complexity index is 1190. The van der Waals surface area contributed by atoms with Crippen LogP contribution in [0.3, 0.4) is 0 Å². The molecular formula is C17H14N4O4S2. The molecule has 1 aromatic carbocycles. The first-order chi connectivity index (χ1) is 12.8. The molecule has 0 fully saturated rings. The van der Waals surface area contributed by atoms with Gasteiger partial charge in [-0.2, -0.15) is 4.31 Å². The number of anilines is 1. The SMILES string of the molecule is Cc1ccc2c3c(sc2c1)C(=O)C(C(=O)Nc1cnccn1)N(C)S3(=O)=O. The lowest BCUT2D eigenvalue weighted by Gasteiger charge is -2.29. The van der Waals surface area contributed by atoms with E-state index in [2.05, 4.69) is 15.3 Å². The van der Waals surface area contributed by atoms with Crippen LogP contribution in [0.1, 0.15) is 15.2 Å². The summed E-state index contributed by atoms with van der Waals surface area (Å²) >= 11 is 1.09. The molecule has 3 aromatic rings. The Morgan fingerprint density at radius 1 is 1.30 bits per heavy atom. The fourth-order valence-electron chi connectivity index (χ4n) is 3.01. The van der Waals surface area contributed by atoms with Crippen LogP contribution in [0.5, 0.6) is 0 Å². The summed E-state index contributed by atoms with van der Waals surface area (Å²) in [5.74, 6) is -1.19. The van der Waals surface area contributed by atoms with Gasteiger partial charge in [-0.25, -0.2) is 13.4 Å². The van der Waals surface area contributed by atoms with Crippen LogP contribution in [0.4, 0.5) is 5.82 Å². The number of hydrogen-bond donors (Lipinski definition) is 1. The highest BCUT2D eigenvalue weighted by molar-refractivity contribution is 7.89. The first-order valence-corrected chi connectivity index (χ1v) is 10.2. The first kappa shape index (κ1) is 17.7. The number of nitrogens with zero attached hydrogens (tertiary/aromatic N) is 3. The maximum absolute atomic E-state index is 13.0. The Labute approximate surface area is 158 Å². The average Bonchev–Trinajstić information content (AvgIpc) is 3.01. The van der Waals surface area contributed by atoms with Gasteiger partial charge in [-0.05, 0) is 18.6 Å². The number of thiophene rings is 1. The quantitative estimate of drug-likeness (QED) is 0.655. The van der Waals surface area contributed by atoms with Crippen molar-refractivity contribution in [3.63, 3.8) is 0 Å². The summed E-state index contributed by atoms with van der Waals surface area (Å²) in [6.07, 6.45) is 4.13. The minimum Gasteiger partial charge on any atom is -0.308 e. The van der Waals surface area contributed by atoms with Crippen LogP contribution in [-0.2, 0) is 14.8 Å². The van der Waals surface area contributed by atoms with Crippen molar-refractivity contribution >= 4 is 49.0 Å². The van der Waals surface area contributed by atoms with E-state index in [1.807, 2.05) is 13.0 Å². The molecule has 1 unspecified atom stereocenters. The number of hydrogen-bond acceptors (Lipinski definition) is 7. The minimum atomic E-state index is -4.01. The molecule has 1 aliphatic rings. The zero-order chi connectivity index (χ0) is 19.3.